The molecule has 2 aromatic carbocycles. The zero-order chi connectivity index (χ0) is 22.7. The number of hydrogen-bond acceptors (Lipinski definition) is 5. The van der Waals surface area contributed by atoms with Crippen LogP contribution < -0.4 is 4.90 Å². The maximum atomic E-state index is 13.7. The molecule has 1 amide bonds. The largest absolute Gasteiger partial charge is 0.481 e. The van der Waals surface area contributed by atoms with E-state index in [0.29, 0.717) is 28.7 Å². The Hall–Kier alpha value is -2.74. The number of rotatable bonds is 5. The standard InChI is InChI=1S/C24H23ClN2O4S/c25-20-9-5-4-8-17(20)21-14-32-24(26-21)27-11-10-16(28)12-18(15-6-2-1-3-7-15)19(23(27)31)13-22(29)30/h1-9,14,16,18-19,28H,10-13H2,(H,29,30). The highest BCUT2D eigenvalue weighted by Crippen LogP contribution is 2.38. The highest BCUT2D eigenvalue weighted by Gasteiger charge is 2.39. The number of carbonyl (C=O) groups excluding carboxylic acids is 1. The van der Waals surface area contributed by atoms with Gasteiger partial charge in [0.2, 0.25) is 5.91 Å². The van der Waals surface area contributed by atoms with Crippen molar-refractivity contribution in [1.29, 1.82) is 0 Å². The topological polar surface area (TPSA) is 90.7 Å². The summed E-state index contributed by atoms with van der Waals surface area (Å²) >= 11 is 7.61. The number of aromatic nitrogens is 1. The fraction of sp³-hybridized carbons (Fsp3) is 0.292. The molecule has 8 heteroatoms. The van der Waals surface area contributed by atoms with Gasteiger partial charge >= 0.3 is 5.97 Å². The number of aliphatic hydroxyl groups is 1. The molecule has 32 heavy (non-hydrogen) atoms. The lowest BCUT2D eigenvalue weighted by atomic mass is 9.78. The van der Waals surface area contributed by atoms with Crippen LogP contribution in [0.2, 0.25) is 5.02 Å². The Bertz CT molecular complexity index is 1100. The van der Waals surface area contributed by atoms with Gasteiger partial charge in [-0.3, -0.25) is 14.5 Å². The number of aliphatic carboxylic acids is 1. The van der Waals surface area contributed by atoms with E-state index in [0.717, 1.165) is 11.1 Å². The van der Waals surface area contributed by atoms with Crippen molar-refractivity contribution >= 4 is 39.9 Å². The molecule has 3 atom stereocenters. The molecule has 1 fully saturated rings. The maximum Gasteiger partial charge on any atom is 0.304 e. The fourth-order valence-corrected chi connectivity index (χ4v) is 5.28. The second-order valence-corrected chi connectivity index (χ2v) is 9.13. The molecule has 1 aliphatic heterocycles. The number of thiazole rings is 1. The van der Waals surface area contributed by atoms with Crippen molar-refractivity contribution in [2.45, 2.75) is 31.3 Å². The third-order valence-corrected chi connectivity index (χ3v) is 6.97. The van der Waals surface area contributed by atoms with Crippen molar-refractivity contribution in [2.24, 2.45) is 5.92 Å². The minimum atomic E-state index is -1.05. The number of amides is 1. The Labute approximate surface area is 195 Å². The van der Waals surface area contributed by atoms with Crippen LogP contribution >= 0.6 is 22.9 Å². The molecular weight excluding hydrogens is 448 g/mol. The molecule has 1 aliphatic rings. The van der Waals surface area contributed by atoms with Crippen molar-refractivity contribution in [3.05, 3.63) is 70.6 Å². The number of benzene rings is 2. The zero-order valence-electron chi connectivity index (χ0n) is 17.2. The molecule has 0 bridgehead atoms. The Morgan fingerprint density at radius 1 is 1.16 bits per heavy atom. The minimum absolute atomic E-state index is 0.271. The molecule has 0 radical (unpaired) electrons. The van der Waals surface area contributed by atoms with Crippen molar-refractivity contribution in [3.8, 4) is 11.3 Å². The average molecular weight is 471 g/mol. The second kappa shape index (κ2) is 9.81. The number of carboxylic acids is 1. The van der Waals surface area contributed by atoms with Crippen LogP contribution in [-0.2, 0) is 9.59 Å². The van der Waals surface area contributed by atoms with Gasteiger partial charge < -0.3 is 10.2 Å². The molecular formula is C24H23ClN2O4S. The molecule has 166 valence electrons. The van der Waals surface area contributed by atoms with E-state index in [1.165, 1.54) is 16.2 Å². The molecule has 1 saturated heterocycles. The van der Waals surface area contributed by atoms with Gasteiger partial charge in [0.15, 0.2) is 5.13 Å². The van der Waals surface area contributed by atoms with Crippen molar-refractivity contribution in [2.75, 3.05) is 11.4 Å². The Morgan fingerprint density at radius 3 is 2.59 bits per heavy atom. The Morgan fingerprint density at radius 2 is 1.88 bits per heavy atom. The van der Waals surface area contributed by atoms with E-state index in [4.69, 9.17) is 11.6 Å². The van der Waals surface area contributed by atoms with Gasteiger partial charge in [-0.2, -0.15) is 0 Å². The van der Waals surface area contributed by atoms with Gasteiger partial charge in [0.25, 0.3) is 0 Å². The molecule has 6 nitrogen and oxygen atoms in total. The summed E-state index contributed by atoms with van der Waals surface area (Å²) in [5.41, 5.74) is 2.27. The van der Waals surface area contributed by atoms with Crippen LogP contribution in [0.25, 0.3) is 11.3 Å². The lowest BCUT2D eigenvalue weighted by Crippen LogP contribution is -2.44. The van der Waals surface area contributed by atoms with Gasteiger partial charge in [0.1, 0.15) is 0 Å². The summed E-state index contributed by atoms with van der Waals surface area (Å²) in [5, 5.41) is 23.1. The van der Waals surface area contributed by atoms with Gasteiger partial charge in [-0.05, 0) is 30.4 Å². The molecule has 2 heterocycles. The number of aliphatic hydroxyl groups excluding tert-OH is 1. The summed E-state index contributed by atoms with van der Waals surface area (Å²) in [6.07, 6.45) is -0.250. The summed E-state index contributed by atoms with van der Waals surface area (Å²) in [6, 6.07) is 16.7. The second-order valence-electron chi connectivity index (χ2n) is 7.88. The highest BCUT2D eigenvalue weighted by atomic mass is 35.5. The quantitative estimate of drug-likeness (QED) is 0.557. The van der Waals surface area contributed by atoms with Crippen molar-refractivity contribution in [3.63, 3.8) is 0 Å². The van der Waals surface area contributed by atoms with Crippen LogP contribution in [0.1, 0.15) is 30.7 Å². The predicted molar refractivity (Wildman–Crippen MR) is 125 cm³/mol. The van der Waals surface area contributed by atoms with Gasteiger partial charge in [-0.25, -0.2) is 4.98 Å². The maximum absolute atomic E-state index is 13.7. The van der Waals surface area contributed by atoms with Crippen molar-refractivity contribution < 1.29 is 19.8 Å². The first kappa shape index (κ1) is 22.5. The van der Waals surface area contributed by atoms with Crippen LogP contribution in [0.3, 0.4) is 0 Å². The van der Waals surface area contributed by atoms with E-state index in [1.807, 2.05) is 53.9 Å². The molecule has 0 saturated carbocycles. The van der Waals surface area contributed by atoms with Gasteiger partial charge in [-0.15, -0.1) is 11.3 Å². The van der Waals surface area contributed by atoms with E-state index in [1.54, 1.807) is 6.07 Å². The normalized spacial score (nSPS) is 21.8. The zero-order valence-corrected chi connectivity index (χ0v) is 18.8. The fourth-order valence-electron chi connectivity index (χ4n) is 4.19. The summed E-state index contributed by atoms with van der Waals surface area (Å²) in [5.74, 6) is -2.54. The van der Waals surface area contributed by atoms with E-state index >= 15 is 0 Å². The number of anilines is 1. The number of nitrogens with zero attached hydrogens (tertiary/aromatic N) is 2. The monoisotopic (exact) mass is 470 g/mol. The molecule has 1 aromatic heterocycles. The van der Waals surface area contributed by atoms with Gasteiger partial charge in [0, 0.05) is 22.5 Å². The minimum Gasteiger partial charge on any atom is -0.481 e. The molecule has 4 rings (SSSR count). The van der Waals surface area contributed by atoms with Crippen LogP contribution in [0.4, 0.5) is 5.13 Å². The summed E-state index contributed by atoms with van der Waals surface area (Å²) in [6.45, 7) is 0.271. The van der Waals surface area contributed by atoms with Gasteiger partial charge in [0.05, 0.1) is 24.1 Å². The molecule has 2 N–H and O–H groups in total. The lowest BCUT2D eigenvalue weighted by Gasteiger charge is -2.34. The smallest absolute Gasteiger partial charge is 0.304 e. The summed E-state index contributed by atoms with van der Waals surface area (Å²) in [4.78, 5) is 31.5. The van der Waals surface area contributed by atoms with Crippen LogP contribution in [0.15, 0.2) is 60.0 Å². The highest BCUT2D eigenvalue weighted by molar-refractivity contribution is 7.14. The number of carboxylic acid groups (broad SMARTS) is 1. The molecule has 0 aliphatic carbocycles. The number of carbonyl (C=O) groups is 2. The molecule has 0 spiro atoms. The first-order chi connectivity index (χ1) is 15.4. The van der Waals surface area contributed by atoms with Gasteiger partial charge in [-0.1, -0.05) is 60.1 Å². The number of hydrogen-bond donors (Lipinski definition) is 2. The molecule has 3 aromatic rings. The van der Waals surface area contributed by atoms with Crippen molar-refractivity contribution in [1.82, 2.24) is 4.98 Å². The summed E-state index contributed by atoms with van der Waals surface area (Å²) in [7, 11) is 0. The van der Waals surface area contributed by atoms with Crippen LogP contribution in [0.5, 0.6) is 0 Å². The van der Waals surface area contributed by atoms with E-state index in [9.17, 15) is 19.8 Å². The average Bonchev–Trinajstić information content (AvgIpc) is 3.25. The van der Waals surface area contributed by atoms with E-state index in [-0.39, 0.29) is 18.9 Å². The summed E-state index contributed by atoms with van der Waals surface area (Å²) < 4.78 is 0. The SMILES string of the molecule is O=C(O)CC1C(=O)N(c2nc(-c3ccccc3Cl)cs2)CCC(O)CC1c1ccccc1. The first-order valence-corrected chi connectivity index (χ1v) is 11.7. The van der Waals surface area contributed by atoms with E-state index in [2.05, 4.69) is 4.98 Å². The Kier molecular flexibility index (Phi) is 6.89. The van der Waals surface area contributed by atoms with E-state index < -0.39 is 23.9 Å². The first-order valence-electron chi connectivity index (χ1n) is 10.4. The molecule has 3 unspecified atom stereocenters. The lowest BCUT2D eigenvalue weighted by molar-refractivity contribution is -0.141. The third-order valence-electron chi connectivity index (χ3n) is 5.78. The predicted octanol–water partition coefficient (Wildman–Crippen LogP) is 4.83. The number of halogens is 1. The Balaban J connectivity index is 1.71. The van der Waals surface area contributed by atoms with Crippen LogP contribution in [-0.4, -0.2) is 39.7 Å². The van der Waals surface area contributed by atoms with Crippen LogP contribution in [0, 0.1) is 5.92 Å². The third kappa shape index (κ3) is 4.85.